The summed E-state index contributed by atoms with van der Waals surface area (Å²) < 4.78 is 0. The van der Waals surface area contributed by atoms with Crippen LogP contribution >= 0.6 is 0 Å². The Morgan fingerprint density at radius 3 is 2.95 bits per heavy atom. The molecule has 0 radical (unpaired) electrons. The number of benzene rings is 1. The Labute approximate surface area is 125 Å². The molecule has 0 spiro atoms. The molecule has 0 bridgehead atoms. The van der Waals surface area contributed by atoms with E-state index in [1.807, 2.05) is 30.4 Å². The number of aromatic nitrogens is 2. The molecule has 2 heterocycles. The largest absolute Gasteiger partial charge is 0.334 e. The Morgan fingerprint density at radius 2 is 2.19 bits per heavy atom. The van der Waals surface area contributed by atoms with Crippen LogP contribution in [0.15, 0.2) is 49.6 Å². The molecule has 1 aliphatic rings. The van der Waals surface area contributed by atoms with Gasteiger partial charge in [0, 0.05) is 32.2 Å². The predicted molar refractivity (Wildman–Crippen MR) is 88.7 cm³/mol. The fourth-order valence-electron chi connectivity index (χ4n) is 3.04. The van der Waals surface area contributed by atoms with E-state index in [1.165, 1.54) is 0 Å². The summed E-state index contributed by atoms with van der Waals surface area (Å²) in [5.41, 5.74) is 2.10. The van der Waals surface area contributed by atoms with E-state index < -0.39 is 0 Å². The van der Waals surface area contributed by atoms with Crippen molar-refractivity contribution in [2.45, 2.75) is 12.5 Å². The van der Waals surface area contributed by atoms with Crippen molar-refractivity contribution in [3.63, 3.8) is 0 Å². The third-order valence-corrected chi connectivity index (χ3v) is 4.05. The Kier molecular flexibility index (Phi) is 4.06. The molecule has 1 unspecified atom stereocenters. The van der Waals surface area contributed by atoms with Gasteiger partial charge in [-0.15, -0.1) is 13.2 Å². The fraction of sp³-hybridized carbons (Fsp3) is 0.353. The van der Waals surface area contributed by atoms with Crippen molar-refractivity contribution in [1.29, 1.82) is 0 Å². The highest BCUT2D eigenvalue weighted by atomic mass is 15.3. The Bertz CT molecular complexity index is 598. The summed E-state index contributed by atoms with van der Waals surface area (Å²) in [4.78, 5) is 12.9. The summed E-state index contributed by atoms with van der Waals surface area (Å²) in [7, 11) is 0. The lowest BCUT2D eigenvalue weighted by Crippen LogP contribution is -2.38. The minimum Gasteiger partial charge on any atom is -0.334 e. The van der Waals surface area contributed by atoms with Gasteiger partial charge in [-0.1, -0.05) is 24.3 Å². The highest BCUT2D eigenvalue weighted by molar-refractivity contribution is 5.77. The smallest absolute Gasteiger partial charge is 0.204 e. The van der Waals surface area contributed by atoms with Crippen LogP contribution in [0.2, 0.25) is 0 Å². The molecule has 0 aliphatic carbocycles. The summed E-state index contributed by atoms with van der Waals surface area (Å²) in [6.07, 6.45) is 5.07. The third kappa shape index (κ3) is 2.85. The van der Waals surface area contributed by atoms with Crippen molar-refractivity contribution in [3.05, 3.63) is 49.6 Å². The number of hydrogen-bond acceptors (Lipinski definition) is 3. The summed E-state index contributed by atoms with van der Waals surface area (Å²) in [6, 6.07) is 8.63. The number of H-pyrrole nitrogens is 1. The van der Waals surface area contributed by atoms with E-state index in [-0.39, 0.29) is 0 Å². The number of nitrogens with zero attached hydrogens (tertiary/aromatic N) is 3. The number of imidazole rings is 1. The summed E-state index contributed by atoms with van der Waals surface area (Å²) >= 11 is 0. The number of aromatic amines is 1. The van der Waals surface area contributed by atoms with Gasteiger partial charge in [0.2, 0.25) is 5.95 Å². The number of para-hydroxylation sites is 2. The van der Waals surface area contributed by atoms with Gasteiger partial charge in [0.15, 0.2) is 0 Å². The topological polar surface area (TPSA) is 35.2 Å². The van der Waals surface area contributed by atoms with Crippen molar-refractivity contribution in [2.24, 2.45) is 0 Å². The molecular formula is C17H22N4. The number of rotatable bonds is 6. The average molecular weight is 282 g/mol. The van der Waals surface area contributed by atoms with Crippen LogP contribution in [0.3, 0.4) is 0 Å². The van der Waals surface area contributed by atoms with Crippen molar-refractivity contribution >= 4 is 17.0 Å². The third-order valence-electron chi connectivity index (χ3n) is 4.05. The molecule has 3 rings (SSSR count). The molecule has 1 aromatic heterocycles. The number of fused-ring (bicyclic) bond motifs is 1. The molecule has 1 saturated heterocycles. The number of nitrogens with one attached hydrogen (secondary N) is 1. The van der Waals surface area contributed by atoms with Gasteiger partial charge in [-0.05, 0) is 18.6 Å². The van der Waals surface area contributed by atoms with E-state index in [1.54, 1.807) is 0 Å². The summed E-state index contributed by atoms with van der Waals surface area (Å²) in [5, 5.41) is 0. The highest BCUT2D eigenvalue weighted by Crippen LogP contribution is 2.23. The van der Waals surface area contributed by atoms with Crippen LogP contribution in [0.1, 0.15) is 6.42 Å². The normalized spacial score (nSPS) is 19.0. The van der Waals surface area contributed by atoms with Gasteiger partial charge in [-0.2, -0.15) is 0 Å². The molecule has 4 nitrogen and oxygen atoms in total. The molecule has 110 valence electrons. The molecule has 1 N–H and O–H groups in total. The molecule has 0 amide bonds. The average Bonchev–Trinajstić information content (AvgIpc) is 3.11. The SMILES string of the molecule is C=CCN1CCC(N(CC=C)c2nc3ccccc3[nH]2)C1. The van der Waals surface area contributed by atoms with E-state index in [9.17, 15) is 0 Å². The van der Waals surface area contributed by atoms with Crippen LogP contribution in [-0.4, -0.2) is 47.1 Å². The Morgan fingerprint density at radius 1 is 1.33 bits per heavy atom. The van der Waals surface area contributed by atoms with Crippen molar-refractivity contribution in [1.82, 2.24) is 14.9 Å². The second kappa shape index (κ2) is 6.14. The van der Waals surface area contributed by atoms with Gasteiger partial charge in [-0.3, -0.25) is 4.90 Å². The number of hydrogen-bond donors (Lipinski definition) is 1. The molecule has 4 heteroatoms. The first-order chi connectivity index (χ1) is 10.3. The molecular weight excluding hydrogens is 260 g/mol. The zero-order valence-corrected chi connectivity index (χ0v) is 12.3. The maximum absolute atomic E-state index is 4.73. The molecule has 0 saturated carbocycles. The van der Waals surface area contributed by atoms with Crippen molar-refractivity contribution in [3.8, 4) is 0 Å². The lowest BCUT2D eigenvalue weighted by Gasteiger charge is -2.27. The van der Waals surface area contributed by atoms with E-state index in [0.717, 1.165) is 49.6 Å². The van der Waals surface area contributed by atoms with E-state index >= 15 is 0 Å². The van der Waals surface area contributed by atoms with Crippen LogP contribution in [-0.2, 0) is 0 Å². The molecule has 2 aromatic rings. The Balaban J connectivity index is 1.84. The van der Waals surface area contributed by atoms with Gasteiger partial charge in [0.1, 0.15) is 0 Å². The van der Waals surface area contributed by atoms with Crippen LogP contribution in [0.5, 0.6) is 0 Å². The molecule has 1 aromatic carbocycles. The van der Waals surface area contributed by atoms with Crippen molar-refractivity contribution < 1.29 is 0 Å². The van der Waals surface area contributed by atoms with E-state index in [0.29, 0.717) is 6.04 Å². The van der Waals surface area contributed by atoms with Crippen LogP contribution in [0, 0.1) is 0 Å². The maximum Gasteiger partial charge on any atom is 0.204 e. The number of likely N-dealkylation sites (tertiary alicyclic amines) is 1. The highest BCUT2D eigenvalue weighted by Gasteiger charge is 2.28. The lowest BCUT2D eigenvalue weighted by atomic mass is 10.2. The van der Waals surface area contributed by atoms with Crippen LogP contribution in [0.4, 0.5) is 5.95 Å². The number of anilines is 1. The zero-order valence-electron chi connectivity index (χ0n) is 12.3. The standard InChI is InChI=1S/C17H22N4/c1-3-10-20-12-9-14(13-20)21(11-4-2)17-18-15-7-5-6-8-16(15)19-17/h3-8,14H,1-2,9-13H2,(H,18,19). The predicted octanol–water partition coefficient (Wildman–Crippen LogP) is 2.82. The summed E-state index contributed by atoms with van der Waals surface area (Å²) in [6.45, 7) is 11.7. The van der Waals surface area contributed by atoms with Gasteiger partial charge in [0.05, 0.1) is 11.0 Å². The van der Waals surface area contributed by atoms with Gasteiger partial charge in [-0.25, -0.2) is 4.98 Å². The second-order valence-electron chi connectivity index (χ2n) is 5.51. The van der Waals surface area contributed by atoms with Gasteiger partial charge >= 0.3 is 0 Å². The van der Waals surface area contributed by atoms with Gasteiger partial charge in [0.25, 0.3) is 0 Å². The second-order valence-corrected chi connectivity index (χ2v) is 5.51. The minimum absolute atomic E-state index is 0.475. The van der Waals surface area contributed by atoms with Crippen molar-refractivity contribution in [2.75, 3.05) is 31.1 Å². The summed E-state index contributed by atoms with van der Waals surface area (Å²) in [5.74, 6) is 0.946. The monoisotopic (exact) mass is 282 g/mol. The minimum atomic E-state index is 0.475. The fourth-order valence-corrected chi connectivity index (χ4v) is 3.04. The Hall–Kier alpha value is -2.07. The van der Waals surface area contributed by atoms with Crippen LogP contribution in [0.25, 0.3) is 11.0 Å². The first-order valence-electron chi connectivity index (χ1n) is 7.47. The van der Waals surface area contributed by atoms with E-state index in [4.69, 9.17) is 4.98 Å². The first-order valence-corrected chi connectivity index (χ1v) is 7.47. The lowest BCUT2D eigenvalue weighted by molar-refractivity contribution is 0.369. The quantitative estimate of drug-likeness (QED) is 0.828. The molecule has 1 aliphatic heterocycles. The molecule has 1 atom stereocenters. The van der Waals surface area contributed by atoms with Crippen LogP contribution < -0.4 is 4.90 Å². The zero-order chi connectivity index (χ0) is 14.7. The maximum atomic E-state index is 4.73. The van der Waals surface area contributed by atoms with E-state index in [2.05, 4.69) is 34.0 Å². The molecule has 1 fully saturated rings. The first kappa shape index (κ1) is 13.9. The molecule has 21 heavy (non-hydrogen) atoms. The van der Waals surface area contributed by atoms with Gasteiger partial charge < -0.3 is 9.88 Å².